The minimum atomic E-state index is -3.98. The maximum atomic E-state index is 11.9. The number of carbonyl (C=O) groups excluding carboxylic acids is 1. The SMILES string of the molecule is CCOc1ccc(C(=O)NCC(C)C)cc1S(=O)(=O)Cl. The predicted octanol–water partition coefficient (Wildman–Crippen LogP) is 2.40. The Morgan fingerprint density at radius 2 is 2.05 bits per heavy atom. The van der Waals surface area contributed by atoms with Crippen LogP contribution >= 0.6 is 10.7 Å². The van der Waals surface area contributed by atoms with Crippen LogP contribution in [0.25, 0.3) is 0 Å². The van der Waals surface area contributed by atoms with Crippen LogP contribution in [0.4, 0.5) is 0 Å². The van der Waals surface area contributed by atoms with Gasteiger partial charge in [0.2, 0.25) is 0 Å². The monoisotopic (exact) mass is 319 g/mol. The molecule has 0 bridgehead atoms. The van der Waals surface area contributed by atoms with E-state index in [-0.39, 0.29) is 22.1 Å². The number of amides is 1. The summed E-state index contributed by atoms with van der Waals surface area (Å²) >= 11 is 0. The number of carbonyl (C=O) groups is 1. The van der Waals surface area contributed by atoms with Gasteiger partial charge in [0.1, 0.15) is 10.6 Å². The summed E-state index contributed by atoms with van der Waals surface area (Å²) in [4.78, 5) is 11.7. The molecule has 0 saturated heterocycles. The fourth-order valence-electron chi connectivity index (χ4n) is 1.51. The molecule has 5 nitrogen and oxygen atoms in total. The summed E-state index contributed by atoms with van der Waals surface area (Å²) < 4.78 is 28.2. The van der Waals surface area contributed by atoms with Crippen molar-refractivity contribution in [1.82, 2.24) is 5.32 Å². The number of rotatable bonds is 6. The molecule has 0 fully saturated rings. The Kier molecular flexibility index (Phi) is 5.83. The molecule has 1 N–H and O–H groups in total. The lowest BCUT2D eigenvalue weighted by Gasteiger charge is -2.11. The number of benzene rings is 1. The third-order valence-corrected chi connectivity index (χ3v) is 3.78. The molecule has 1 aromatic rings. The first-order chi connectivity index (χ1) is 9.25. The van der Waals surface area contributed by atoms with E-state index in [1.54, 1.807) is 6.92 Å². The molecular weight excluding hydrogens is 302 g/mol. The molecule has 0 unspecified atom stereocenters. The van der Waals surface area contributed by atoms with Crippen LogP contribution in [0, 0.1) is 5.92 Å². The van der Waals surface area contributed by atoms with Crippen LogP contribution in [-0.4, -0.2) is 27.5 Å². The average molecular weight is 320 g/mol. The molecule has 0 radical (unpaired) electrons. The van der Waals surface area contributed by atoms with Gasteiger partial charge in [-0.1, -0.05) is 13.8 Å². The first-order valence-corrected chi connectivity index (χ1v) is 8.56. The van der Waals surface area contributed by atoms with Gasteiger partial charge >= 0.3 is 0 Å². The van der Waals surface area contributed by atoms with Gasteiger partial charge in [0.25, 0.3) is 15.0 Å². The highest BCUT2D eigenvalue weighted by Crippen LogP contribution is 2.28. The molecule has 20 heavy (non-hydrogen) atoms. The van der Waals surface area contributed by atoms with Crippen molar-refractivity contribution in [2.45, 2.75) is 25.7 Å². The van der Waals surface area contributed by atoms with Crippen LogP contribution in [0.1, 0.15) is 31.1 Å². The van der Waals surface area contributed by atoms with E-state index in [0.29, 0.717) is 19.1 Å². The summed E-state index contributed by atoms with van der Waals surface area (Å²) in [5.74, 6) is 0.101. The molecule has 0 aliphatic rings. The minimum absolute atomic E-state index is 0.142. The second kappa shape index (κ2) is 6.95. The van der Waals surface area contributed by atoms with Crippen LogP contribution in [-0.2, 0) is 9.05 Å². The number of nitrogens with one attached hydrogen (secondary N) is 1. The Hall–Kier alpha value is -1.27. The smallest absolute Gasteiger partial charge is 0.265 e. The van der Waals surface area contributed by atoms with Crippen molar-refractivity contribution in [3.8, 4) is 5.75 Å². The van der Waals surface area contributed by atoms with E-state index < -0.39 is 9.05 Å². The molecule has 0 saturated carbocycles. The second-order valence-electron chi connectivity index (χ2n) is 4.64. The van der Waals surface area contributed by atoms with Gasteiger partial charge in [-0.05, 0) is 31.0 Å². The summed E-state index contributed by atoms with van der Waals surface area (Å²) in [6, 6.07) is 4.16. The zero-order chi connectivity index (χ0) is 15.3. The molecule has 0 aromatic heterocycles. The van der Waals surface area contributed by atoms with E-state index in [9.17, 15) is 13.2 Å². The molecule has 0 heterocycles. The number of hydrogen-bond donors (Lipinski definition) is 1. The third kappa shape index (κ3) is 4.68. The molecule has 0 atom stereocenters. The van der Waals surface area contributed by atoms with Gasteiger partial charge in [0.05, 0.1) is 6.61 Å². The number of hydrogen-bond acceptors (Lipinski definition) is 4. The van der Waals surface area contributed by atoms with E-state index in [2.05, 4.69) is 5.32 Å². The Morgan fingerprint density at radius 1 is 1.40 bits per heavy atom. The van der Waals surface area contributed by atoms with Gasteiger partial charge in [-0.3, -0.25) is 4.79 Å². The van der Waals surface area contributed by atoms with Crippen LogP contribution in [0.2, 0.25) is 0 Å². The molecule has 1 aromatic carbocycles. The molecule has 1 amide bonds. The summed E-state index contributed by atoms with van der Waals surface area (Å²) in [6.07, 6.45) is 0. The first-order valence-electron chi connectivity index (χ1n) is 6.25. The van der Waals surface area contributed by atoms with Gasteiger partial charge < -0.3 is 10.1 Å². The van der Waals surface area contributed by atoms with E-state index >= 15 is 0 Å². The lowest BCUT2D eigenvalue weighted by atomic mass is 10.2. The van der Waals surface area contributed by atoms with Gasteiger partial charge in [-0.15, -0.1) is 0 Å². The van der Waals surface area contributed by atoms with Crippen molar-refractivity contribution < 1.29 is 17.9 Å². The second-order valence-corrected chi connectivity index (χ2v) is 7.17. The molecule has 0 spiro atoms. The Labute approximate surface area is 123 Å². The normalized spacial score (nSPS) is 11.4. The fraction of sp³-hybridized carbons (Fsp3) is 0.462. The zero-order valence-electron chi connectivity index (χ0n) is 11.6. The van der Waals surface area contributed by atoms with E-state index in [1.165, 1.54) is 18.2 Å². The largest absolute Gasteiger partial charge is 0.492 e. The van der Waals surface area contributed by atoms with Gasteiger partial charge in [0.15, 0.2) is 0 Å². The highest BCUT2D eigenvalue weighted by Gasteiger charge is 2.19. The van der Waals surface area contributed by atoms with Gasteiger partial charge in [-0.2, -0.15) is 0 Å². The first kappa shape index (κ1) is 16.8. The summed E-state index contributed by atoms with van der Waals surface area (Å²) in [5.41, 5.74) is 0.230. The molecule has 0 aliphatic heterocycles. The number of ether oxygens (including phenoxy) is 1. The van der Waals surface area contributed by atoms with Crippen LogP contribution in [0.5, 0.6) is 5.75 Å². The minimum Gasteiger partial charge on any atom is -0.492 e. The lowest BCUT2D eigenvalue weighted by molar-refractivity contribution is 0.0948. The van der Waals surface area contributed by atoms with E-state index in [4.69, 9.17) is 15.4 Å². The van der Waals surface area contributed by atoms with Gasteiger partial charge in [0, 0.05) is 22.8 Å². The maximum Gasteiger partial charge on any atom is 0.265 e. The van der Waals surface area contributed by atoms with Crippen molar-refractivity contribution in [2.75, 3.05) is 13.2 Å². The molecule has 112 valence electrons. The zero-order valence-corrected chi connectivity index (χ0v) is 13.2. The highest BCUT2D eigenvalue weighted by atomic mass is 35.7. The Balaban J connectivity index is 3.10. The topological polar surface area (TPSA) is 72.5 Å². The standard InChI is InChI=1S/C13H18ClNO4S/c1-4-19-11-6-5-10(7-12(11)20(14,17)18)13(16)15-8-9(2)3/h5-7,9H,4,8H2,1-3H3,(H,15,16). The number of halogens is 1. The summed E-state index contributed by atoms with van der Waals surface area (Å²) in [5, 5.41) is 2.71. The lowest BCUT2D eigenvalue weighted by Crippen LogP contribution is -2.27. The Morgan fingerprint density at radius 3 is 2.55 bits per heavy atom. The maximum absolute atomic E-state index is 11.9. The fourth-order valence-corrected chi connectivity index (χ4v) is 2.51. The van der Waals surface area contributed by atoms with Crippen molar-refractivity contribution in [2.24, 2.45) is 5.92 Å². The predicted molar refractivity (Wildman–Crippen MR) is 77.8 cm³/mol. The van der Waals surface area contributed by atoms with Crippen LogP contribution in [0.15, 0.2) is 23.1 Å². The van der Waals surface area contributed by atoms with Crippen molar-refractivity contribution in [3.63, 3.8) is 0 Å². The highest BCUT2D eigenvalue weighted by molar-refractivity contribution is 8.13. The average Bonchev–Trinajstić information content (AvgIpc) is 2.35. The molecule has 7 heteroatoms. The molecular formula is C13H18ClNO4S. The van der Waals surface area contributed by atoms with E-state index in [0.717, 1.165) is 0 Å². The summed E-state index contributed by atoms with van der Waals surface area (Å²) in [6.45, 7) is 6.47. The van der Waals surface area contributed by atoms with Crippen LogP contribution < -0.4 is 10.1 Å². The quantitative estimate of drug-likeness (QED) is 0.817. The third-order valence-electron chi connectivity index (χ3n) is 2.44. The Bertz CT molecular complexity index is 584. The molecule has 1 rings (SSSR count). The van der Waals surface area contributed by atoms with Crippen LogP contribution in [0.3, 0.4) is 0 Å². The van der Waals surface area contributed by atoms with Crippen molar-refractivity contribution in [3.05, 3.63) is 23.8 Å². The summed E-state index contributed by atoms with van der Waals surface area (Å²) in [7, 11) is 1.39. The van der Waals surface area contributed by atoms with Gasteiger partial charge in [-0.25, -0.2) is 8.42 Å². The van der Waals surface area contributed by atoms with Crippen molar-refractivity contribution >= 4 is 25.6 Å². The molecule has 0 aliphatic carbocycles. The van der Waals surface area contributed by atoms with E-state index in [1.807, 2.05) is 13.8 Å². The van der Waals surface area contributed by atoms with Crippen molar-refractivity contribution in [1.29, 1.82) is 0 Å².